The van der Waals surface area contributed by atoms with Gasteiger partial charge in [0, 0.05) is 30.9 Å². The normalized spacial score (nSPS) is 19.3. The van der Waals surface area contributed by atoms with E-state index in [-0.39, 0.29) is 6.04 Å². The minimum atomic E-state index is 0.175. The van der Waals surface area contributed by atoms with Gasteiger partial charge in [-0.05, 0) is 13.1 Å². The van der Waals surface area contributed by atoms with Crippen LogP contribution in [0.15, 0.2) is 36.7 Å². The van der Waals surface area contributed by atoms with Crippen LogP contribution in [0.4, 0.5) is 0 Å². The third-order valence-corrected chi connectivity index (χ3v) is 3.59. The van der Waals surface area contributed by atoms with Crippen molar-refractivity contribution in [1.82, 2.24) is 14.9 Å². The smallest absolute Gasteiger partial charge is 0.126 e. The van der Waals surface area contributed by atoms with Gasteiger partial charge >= 0.3 is 0 Å². The first-order valence-electron chi connectivity index (χ1n) is 6.17. The largest absolute Gasteiger partial charge is 0.493 e. The Hall–Kier alpha value is -1.81. The third-order valence-electron chi connectivity index (χ3n) is 3.59. The van der Waals surface area contributed by atoms with Gasteiger partial charge in [-0.1, -0.05) is 18.2 Å². The lowest BCUT2D eigenvalue weighted by atomic mass is 9.93. The zero-order valence-corrected chi connectivity index (χ0v) is 10.6. The topological polar surface area (TPSA) is 39.1 Å². The molecule has 1 N–H and O–H groups in total. The first-order chi connectivity index (χ1) is 8.81. The third kappa shape index (κ3) is 1.69. The molecule has 1 aliphatic rings. The highest BCUT2D eigenvalue weighted by molar-refractivity contribution is 5.41. The van der Waals surface area contributed by atoms with Gasteiger partial charge in [0.1, 0.15) is 11.6 Å². The number of aromatic nitrogens is 2. The van der Waals surface area contributed by atoms with Gasteiger partial charge in [-0.15, -0.1) is 0 Å². The van der Waals surface area contributed by atoms with Crippen LogP contribution in [0.3, 0.4) is 0 Å². The molecule has 4 nitrogen and oxygen atoms in total. The Morgan fingerprint density at radius 1 is 1.44 bits per heavy atom. The van der Waals surface area contributed by atoms with Crippen LogP contribution in [-0.4, -0.2) is 23.2 Å². The molecule has 0 aliphatic carbocycles. The minimum Gasteiger partial charge on any atom is -0.493 e. The monoisotopic (exact) mass is 243 g/mol. The summed E-state index contributed by atoms with van der Waals surface area (Å²) < 4.78 is 7.81. The summed E-state index contributed by atoms with van der Waals surface area (Å²) in [7, 11) is 3.99. The minimum absolute atomic E-state index is 0.175. The van der Waals surface area contributed by atoms with Gasteiger partial charge in [0.15, 0.2) is 0 Å². The molecule has 3 rings (SSSR count). The second-order valence-corrected chi connectivity index (χ2v) is 4.62. The predicted molar refractivity (Wildman–Crippen MR) is 69.7 cm³/mol. The van der Waals surface area contributed by atoms with E-state index in [9.17, 15) is 0 Å². The van der Waals surface area contributed by atoms with Crippen molar-refractivity contribution in [3.8, 4) is 5.75 Å². The molecule has 2 aromatic rings. The van der Waals surface area contributed by atoms with Crippen LogP contribution in [0.25, 0.3) is 0 Å². The van der Waals surface area contributed by atoms with Crippen molar-refractivity contribution in [2.24, 2.45) is 7.05 Å². The van der Waals surface area contributed by atoms with Crippen LogP contribution in [0.2, 0.25) is 0 Å². The number of hydrogen-bond donors (Lipinski definition) is 1. The fraction of sp³-hybridized carbons (Fsp3) is 0.357. The number of imidazole rings is 1. The Kier molecular flexibility index (Phi) is 2.80. The van der Waals surface area contributed by atoms with Crippen LogP contribution in [0, 0.1) is 0 Å². The lowest BCUT2D eigenvalue weighted by molar-refractivity contribution is 0.299. The van der Waals surface area contributed by atoms with Gasteiger partial charge in [-0.2, -0.15) is 0 Å². The quantitative estimate of drug-likeness (QED) is 0.894. The maximum absolute atomic E-state index is 5.75. The zero-order valence-electron chi connectivity index (χ0n) is 10.6. The van der Waals surface area contributed by atoms with Crippen LogP contribution in [0.5, 0.6) is 5.75 Å². The van der Waals surface area contributed by atoms with Gasteiger partial charge < -0.3 is 14.6 Å². The number of benzene rings is 1. The first kappa shape index (κ1) is 11.3. The Labute approximate surface area is 107 Å². The maximum Gasteiger partial charge on any atom is 0.126 e. The van der Waals surface area contributed by atoms with E-state index in [1.54, 1.807) is 0 Å². The van der Waals surface area contributed by atoms with Crippen LogP contribution >= 0.6 is 0 Å². The number of aryl methyl sites for hydroxylation is 1. The molecule has 1 aliphatic heterocycles. The number of fused-ring (bicyclic) bond motifs is 1. The average molecular weight is 243 g/mol. The molecule has 2 atom stereocenters. The van der Waals surface area contributed by atoms with Crippen molar-refractivity contribution in [2.75, 3.05) is 13.7 Å². The van der Waals surface area contributed by atoms with Crippen molar-refractivity contribution in [3.63, 3.8) is 0 Å². The van der Waals surface area contributed by atoms with E-state index in [0.29, 0.717) is 12.5 Å². The molecule has 2 heterocycles. The van der Waals surface area contributed by atoms with Gasteiger partial charge in [0.05, 0.1) is 12.6 Å². The summed E-state index contributed by atoms with van der Waals surface area (Å²) >= 11 is 0. The highest BCUT2D eigenvalue weighted by Gasteiger charge is 2.33. The standard InChI is InChI=1S/C14H17N3O/c1-15-13(14-16-7-8-17(14)2)11-9-18-12-6-4-3-5-10(11)12/h3-8,11,13,15H,9H2,1-2H3. The highest BCUT2D eigenvalue weighted by atomic mass is 16.5. The molecular weight excluding hydrogens is 226 g/mol. The van der Waals surface area contributed by atoms with Gasteiger partial charge in [0.25, 0.3) is 0 Å². The summed E-state index contributed by atoms with van der Waals surface area (Å²) in [5.41, 5.74) is 1.26. The van der Waals surface area contributed by atoms with E-state index < -0.39 is 0 Å². The maximum atomic E-state index is 5.75. The van der Waals surface area contributed by atoms with Crippen molar-refractivity contribution >= 4 is 0 Å². The SMILES string of the molecule is CNC(c1nccn1C)C1COc2ccccc21. The first-order valence-corrected chi connectivity index (χ1v) is 6.17. The molecule has 0 bridgehead atoms. The van der Waals surface area contributed by atoms with Gasteiger partial charge in [-0.3, -0.25) is 0 Å². The van der Waals surface area contributed by atoms with Crippen molar-refractivity contribution in [2.45, 2.75) is 12.0 Å². The summed E-state index contributed by atoms with van der Waals surface area (Å²) in [4.78, 5) is 4.45. The zero-order chi connectivity index (χ0) is 12.5. The van der Waals surface area contributed by atoms with Crippen LogP contribution < -0.4 is 10.1 Å². The van der Waals surface area contributed by atoms with Crippen molar-refractivity contribution in [3.05, 3.63) is 48.0 Å². The number of para-hydroxylation sites is 1. The molecule has 1 aromatic heterocycles. The lowest BCUT2D eigenvalue weighted by Gasteiger charge is -2.21. The van der Waals surface area contributed by atoms with Gasteiger partial charge in [-0.25, -0.2) is 4.98 Å². The van der Waals surface area contributed by atoms with Gasteiger partial charge in [0.2, 0.25) is 0 Å². The summed E-state index contributed by atoms with van der Waals surface area (Å²) in [6.07, 6.45) is 3.81. The van der Waals surface area contributed by atoms with Crippen molar-refractivity contribution < 1.29 is 4.74 Å². The fourth-order valence-electron chi connectivity index (χ4n) is 2.65. The highest BCUT2D eigenvalue weighted by Crippen LogP contribution is 2.40. The molecule has 2 unspecified atom stereocenters. The second-order valence-electron chi connectivity index (χ2n) is 4.62. The summed E-state index contributed by atoms with van der Waals surface area (Å²) in [5, 5.41) is 3.36. The summed E-state index contributed by atoms with van der Waals surface area (Å²) in [6.45, 7) is 0.706. The number of ether oxygens (including phenoxy) is 1. The number of nitrogens with one attached hydrogen (secondary N) is 1. The molecule has 0 radical (unpaired) electrons. The number of rotatable bonds is 3. The Bertz CT molecular complexity index is 549. The van der Waals surface area contributed by atoms with E-state index in [4.69, 9.17) is 4.74 Å². The Balaban J connectivity index is 1.98. The van der Waals surface area contributed by atoms with E-state index in [1.165, 1.54) is 5.56 Å². The van der Waals surface area contributed by atoms with E-state index in [0.717, 1.165) is 11.6 Å². The van der Waals surface area contributed by atoms with Crippen molar-refractivity contribution in [1.29, 1.82) is 0 Å². The molecule has 0 saturated heterocycles. The van der Waals surface area contributed by atoms with Crippen LogP contribution in [-0.2, 0) is 7.05 Å². The summed E-state index contributed by atoms with van der Waals surface area (Å²) in [5.74, 6) is 2.35. The molecule has 1 aromatic carbocycles. The number of nitrogens with zero attached hydrogens (tertiary/aromatic N) is 2. The molecule has 0 saturated carbocycles. The molecule has 0 fully saturated rings. The number of likely N-dealkylation sites (N-methyl/N-ethyl adjacent to an activating group) is 1. The lowest BCUT2D eigenvalue weighted by Crippen LogP contribution is -2.27. The van der Waals surface area contributed by atoms with E-state index in [1.807, 2.05) is 38.6 Å². The molecule has 4 heteroatoms. The molecular formula is C14H17N3O. The van der Waals surface area contributed by atoms with E-state index in [2.05, 4.69) is 27.0 Å². The molecule has 18 heavy (non-hydrogen) atoms. The molecule has 0 spiro atoms. The average Bonchev–Trinajstić information content (AvgIpc) is 2.99. The fourth-order valence-corrected chi connectivity index (χ4v) is 2.65. The Morgan fingerprint density at radius 2 is 2.28 bits per heavy atom. The predicted octanol–water partition coefficient (Wildman–Crippen LogP) is 1.86. The molecule has 0 amide bonds. The van der Waals surface area contributed by atoms with Crippen LogP contribution in [0.1, 0.15) is 23.3 Å². The summed E-state index contributed by atoms with van der Waals surface area (Å²) in [6, 6.07) is 8.41. The second kappa shape index (κ2) is 4.46. The number of hydrogen-bond acceptors (Lipinski definition) is 3. The molecule has 94 valence electrons. The van der Waals surface area contributed by atoms with E-state index >= 15 is 0 Å². The Morgan fingerprint density at radius 3 is 3.00 bits per heavy atom.